The second-order valence-corrected chi connectivity index (χ2v) is 9.74. The molecule has 0 saturated carbocycles. The smallest absolute Gasteiger partial charge is 0.343 e. The Morgan fingerprint density at radius 2 is 1.28 bits per heavy atom. The van der Waals surface area contributed by atoms with Gasteiger partial charge in [-0.25, -0.2) is 0 Å². The van der Waals surface area contributed by atoms with Crippen molar-refractivity contribution < 1.29 is 34.2 Å². The van der Waals surface area contributed by atoms with Gasteiger partial charge in [-0.15, -0.1) is 12.1 Å². The first-order valence-electron chi connectivity index (χ1n) is 11.8. The third-order valence-corrected chi connectivity index (χ3v) is 5.80. The second-order valence-electron chi connectivity index (χ2n) is 9.74. The van der Waals surface area contributed by atoms with Crippen molar-refractivity contribution in [1.29, 1.82) is 0 Å². The molecule has 0 spiro atoms. The molecule has 5 aromatic rings. The number of aromatic nitrogens is 6. The van der Waals surface area contributed by atoms with Crippen molar-refractivity contribution in [2.75, 3.05) is 4.90 Å². The third-order valence-electron chi connectivity index (χ3n) is 5.80. The minimum absolute atomic E-state index is 0. The number of anilines is 3. The van der Waals surface area contributed by atoms with Gasteiger partial charge in [0, 0.05) is 5.69 Å². The van der Waals surface area contributed by atoms with Crippen LogP contribution in [-0.2, 0) is 32.7 Å². The monoisotopic (exact) mass is 710 g/mol. The summed E-state index contributed by atoms with van der Waals surface area (Å²) in [5.74, 6) is 1.71. The van der Waals surface area contributed by atoms with Crippen LogP contribution < -0.4 is 4.90 Å². The zero-order chi connectivity index (χ0) is 27.1. The van der Waals surface area contributed by atoms with Crippen molar-refractivity contribution in [2.45, 2.75) is 39.3 Å². The molecular weight excluding hydrogens is 686 g/mol. The maximum Gasteiger partial charge on any atom is 2.00 e. The van der Waals surface area contributed by atoms with Crippen LogP contribution in [-0.4, -0.2) is 29.5 Å². The van der Waals surface area contributed by atoms with Gasteiger partial charge in [0.2, 0.25) is 0 Å². The quantitative estimate of drug-likeness (QED) is 0.194. The van der Waals surface area contributed by atoms with Gasteiger partial charge in [-0.05, 0) is 40.9 Å². The fraction of sp³-hybridized carbons (Fsp3) is 0.214. The Bertz CT molecular complexity index is 1570. The van der Waals surface area contributed by atoms with Gasteiger partial charge in [0.1, 0.15) is 11.6 Å². The summed E-state index contributed by atoms with van der Waals surface area (Å²) in [5.41, 5.74) is 1.64. The first-order chi connectivity index (χ1) is 18.0. The van der Waals surface area contributed by atoms with E-state index in [0.717, 1.165) is 27.7 Å². The molecule has 202 valence electrons. The van der Waals surface area contributed by atoms with Crippen molar-refractivity contribution in [1.82, 2.24) is 29.5 Å². The zero-order valence-corrected chi connectivity index (χ0v) is 23.8. The van der Waals surface area contributed by atoms with Crippen molar-refractivity contribution >= 4 is 17.3 Å². The molecule has 4 heterocycles. The second kappa shape index (κ2) is 10.8. The maximum atomic E-state index is 13.1. The van der Waals surface area contributed by atoms with Crippen molar-refractivity contribution in [3.8, 4) is 11.6 Å². The van der Waals surface area contributed by atoms with E-state index in [2.05, 4.69) is 48.3 Å². The average Bonchev–Trinajstić information content (AvgIpc) is 3.54. The number of rotatable bonds is 5. The van der Waals surface area contributed by atoms with Gasteiger partial charge >= 0.3 is 27.2 Å². The molecule has 39 heavy (non-hydrogen) atoms. The van der Waals surface area contributed by atoms with Crippen LogP contribution in [0.4, 0.5) is 30.5 Å². The zero-order valence-electron chi connectivity index (χ0n) is 21.5. The van der Waals surface area contributed by atoms with Crippen LogP contribution in [0, 0.1) is 19.3 Å². The fourth-order valence-electron chi connectivity index (χ4n) is 3.83. The minimum atomic E-state index is -4.58. The van der Waals surface area contributed by atoms with E-state index in [4.69, 9.17) is 4.98 Å². The van der Waals surface area contributed by atoms with E-state index in [1.165, 1.54) is 0 Å². The molecule has 0 saturated heterocycles. The van der Waals surface area contributed by atoms with Gasteiger partial charge in [0.05, 0.1) is 17.3 Å². The standard InChI is InChI=1S/C28H24F3N7.Pt/c1-19-15-17-36(34-19)23-7-5-9-25(32-23)38(21-13-11-20(12-14-21)27(2,3)4)26-10-6-8-24(33-26)37-18-16-22(35-37)28(29,30)31;/h5-16H,1-4H3;/q-2;+2. The minimum Gasteiger partial charge on any atom is -0.343 e. The predicted molar refractivity (Wildman–Crippen MR) is 137 cm³/mol. The van der Waals surface area contributed by atoms with Gasteiger partial charge in [-0.2, -0.15) is 13.2 Å². The first-order valence-corrected chi connectivity index (χ1v) is 11.8. The van der Waals surface area contributed by atoms with Gasteiger partial charge in [0.15, 0.2) is 0 Å². The first kappa shape index (κ1) is 28.2. The number of halogens is 3. The van der Waals surface area contributed by atoms with Gasteiger partial charge in [-0.3, -0.25) is 25.1 Å². The summed E-state index contributed by atoms with van der Waals surface area (Å²) < 4.78 is 41.9. The van der Waals surface area contributed by atoms with Crippen LogP contribution in [0.15, 0.2) is 72.8 Å². The molecule has 0 aliphatic carbocycles. The molecule has 0 fully saturated rings. The van der Waals surface area contributed by atoms with Gasteiger partial charge in [-0.1, -0.05) is 76.5 Å². The largest absolute Gasteiger partial charge is 2.00 e. The maximum absolute atomic E-state index is 13.1. The molecular formula is C28H24F3N7Pt. The summed E-state index contributed by atoms with van der Waals surface area (Å²) in [4.78, 5) is 11.2. The number of hydrogen-bond acceptors (Lipinski definition) is 5. The molecule has 0 amide bonds. The molecule has 5 rings (SSSR count). The van der Waals surface area contributed by atoms with Crippen LogP contribution in [0.2, 0.25) is 0 Å². The number of hydrogen-bond donors (Lipinski definition) is 0. The van der Waals surface area contributed by atoms with Crippen LogP contribution >= 0.6 is 0 Å². The number of pyridine rings is 2. The summed E-state index contributed by atoms with van der Waals surface area (Å²) in [6.45, 7) is 8.27. The predicted octanol–water partition coefficient (Wildman–Crippen LogP) is 6.54. The van der Waals surface area contributed by atoms with E-state index in [1.54, 1.807) is 28.9 Å². The van der Waals surface area contributed by atoms with E-state index in [-0.39, 0.29) is 32.3 Å². The molecule has 0 bridgehead atoms. The summed E-state index contributed by atoms with van der Waals surface area (Å²) in [6.07, 6.45) is 0.965. The Balaban J connectivity index is 0.00000353. The molecule has 11 heteroatoms. The normalized spacial score (nSPS) is 11.8. The summed E-state index contributed by atoms with van der Waals surface area (Å²) in [7, 11) is 0. The van der Waals surface area contributed by atoms with Crippen LogP contribution in [0.1, 0.15) is 37.7 Å². The number of alkyl halides is 3. The van der Waals surface area contributed by atoms with Gasteiger partial charge < -0.3 is 9.36 Å². The van der Waals surface area contributed by atoms with Gasteiger partial charge in [0.25, 0.3) is 0 Å². The number of nitrogens with zero attached hydrogens (tertiary/aromatic N) is 7. The third kappa shape index (κ3) is 6.11. The summed E-state index contributed by atoms with van der Waals surface area (Å²) >= 11 is 0. The summed E-state index contributed by atoms with van der Waals surface area (Å²) in [5, 5.41) is 8.01. The molecule has 0 N–H and O–H groups in total. The topological polar surface area (TPSA) is 64.7 Å². The Morgan fingerprint density at radius 1 is 0.744 bits per heavy atom. The molecule has 4 aromatic heterocycles. The Kier molecular flexibility index (Phi) is 7.79. The van der Waals surface area contributed by atoms with E-state index in [9.17, 15) is 13.2 Å². The SMILES string of the molecule is Cc1c[c-]n(-c2cccc(N(c3ccc(C(C)(C)C)cc3)c3cccc(-n4[c-]cc(C(F)(F)F)n4)n3)n2)n1.[Pt+2]. The number of aryl methyl sites for hydroxylation is 1. The summed E-state index contributed by atoms with van der Waals surface area (Å²) in [6, 6.07) is 21.1. The Labute approximate surface area is 238 Å². The van der Waals surface area contributed by atoms with E-state index in [0.29, 0.717) is 17.5 Å². The van der Waals surface area contributed by atoms with E-state index < -0.39 is 11.9 Å². The molecule has 0 unspecified atom stereocenters. The molecule has 0 atom stereocenters. The molecule has 1 aromatic carbocycles. The van der Waals surface area contributed by atoms with Crippen molar-refractivity contribution in [2.24, 2.45) is 0 Å². The average molecular weight is 711 g/mol. The van der Waals surface area contributed by atoms with Crippen molar-refractivity contribution in [3.63, 3.8) is 0 Å². The van der Waals surface area contributed by atoms with E-state index >= 15 is 0 Å². The Hall–Kier alpha value is -3.78. The molecule has 0 aliphatic rings. The number of benzene rings is 1. The van der Waals surface area contributed by atoms with Crippen LogP contribution in [0.5, 0.6) is 0 Å². The molecule has 0 radical (unpaired) electrons. The van der Waals surface area contributed by atoms with Crippen LogP contribution in [0.25, 0.3) is 11.6 Å². The van der Waals surface area contributed by atoms with E-state index in [1.807, 2.05) is 54.3 Å². The van der Waals surface area contributed by atoms with Crippen molar-refractivity contribution in [3.05, 3.63) is 102 Å². The Morgan fingerprint density at radius 3 is 1.74 bits per heavy atom. The van der Waals surface area contributed by atoms with Crippen LogP contribution in [0.3, 0.4) is 0 Å². The fourth-order valence-corrected chi connectivity index (χ4v) is 3.83. The molecule has 0 aliphatic heterocycles. The molecule has 7 nitrogen and oxygen atoms in total.